The minimum absolute atomic E-state index is 0.0398. The van der Waals surface area contributed by atoms with Gasteiger partial charge in [0, 0.05) is 5.56 Å². The molecular weight excluding hydrogens is 265 g/mol. The summed E-state index contributed by atoms with van der Waals surface area (Å²) in [4.78, 5) is 12.1. The van der Waals surface area contributed by atoms with Gasteiger partial charge < -0.3 is 5.32 Å². The summed E-state index contributed by atoms with van der Waals surface area (Å²) in [5.74, 6) is -0.729. The Bertz CT molecular complexity index is 654. The summed E-state index contributed by atoms with van der Waals surface area (Å²) in [6.07, 6.45) is 0. The zero-order chi connectivity index (χ0) is 15.6. The second-order valence-corrected chi connectivity index (χ2v) is 6.26. The molecule has 110 valence electrons. The Balaban J connectivity index is 2.17. The van der Waals surface area contributed by atoms with E-state index in [0.717, 1.165) is 11.1 Å². The van der Waals surface area contributed by atoms with Crippen molar-refractivity contribution in [1.29, 1.82) is 0 Å². The molecule has 0 bridgehead atoms. The van der Waals surface area contributed by atoms with Gasteiger partial charge in [0.25, 0.3) is 5.91 Å². The Morgan fingerprint density at radius 2 is 1.67 bits per heavy atom. The molecule has 0 radical (unpaired) electrons. The number of rotatable bonds is 2. The number of carbonyl (C=O) groups excluding carboxylic acids is 1. The molecule has 0 fully saturated rings. The molecule has 1 N–H and O–H groups in total. The monoisotopic (exact) mass is 285 g/mol. The maximum absolute atomic E-state index is 13.7. The Kier molecular flexibility index (Phi) is 4.12. The molecule has 3 heteroatoms. The number of carbonyl (C=O) groups is 1. The Hall–Kier alpha value is -2.16. The average molecular weight is 285 g/mol. The van der Waals surface area contributed by atoms with Crippen molar-refractivity contribution in [3.05, 3.63) is 65.0 Å². The molecule has 1 amide bonds. The lowest BCUT2D eigenvalue weighted by Crippen LogP contribution is -2.15. The molecule has 0 saturated heterocycles. The van der Waals surface area contributed by atoms with E-state index in [0.29, 0.717) is 5.56 Å². The van der Waals surface area contributed by atoms with Crippen LogP contribution < -0.4 is 5.32 Å². The smallest absolute Gasteiger partial charge is 0.255 e. The maximum atomic E-state index is 13.7. The van der Waals surface area contributed by atoms with Gasteiger partial charge >= 0.3 is 0 Å². The van der Waals surface area contributed by atoms with Crippen LogP contribution in [0.4, 0.5) is 10.1 Å². The summed E-state index contributed by atoms with van der Waals surface area (Å²) in [7, 11) is 0. The van der Waals surface area contributed by atoms with Crippen LogP contribution in [0.25, 0.3) is 0 Å². The van der Waals surface area contributed by atoms with Gasteiger partial charge in [-0.3, -0.25) is 4.79 Å². The quantitative estimate of drug-likeness (QED) is 0.852. The van der Waals surface area contributed by atoms with Crippen LogP contribution in [0.3, 0.4) is 0 Å². The first-order chi connectivity index (χ1) is 9.77. The fourth-order valence-corrected chi connectivity index (χ4v) is 2.04. The van der Waals surface area contributed by atoms with E-state index in [-0.39, 0.29) is 17.0 Å². The van der Waals surface area contributed by atoms with E-state index >= 15 is 0 Å². The summed E-state index contributed by atoms with van der Waals surface area (Å²) in [6.45, 7) is 8.15. The van der Waals surface area contributed by atoms with Crippen molar-refractivity contribution >= 4 is 11.6 Å². The standard InChI is InChI=1S/C18H20FNO/c1-12-5-10-16(15(19)11-12)20-17(21)13-6-8-14(9-7-13)18(2,3)4/h5-11H,1-4H3,(H,20,21). The van der Waals surface area contributed by atoms with Crippen LogP contribution in [0.2, 0.25) is 0 Å². The van der Waals surface area contributed by atoms with Crippen LogP contribution in [-0.2, 0) is 5.41 Å². The van der Waals surface area contributed by atoms with Gasteiger partial charge in [0.15, 0.2) is 0 Å². The van der Waals surface area contributed by atoms with Gasteiger partial charge in [-0.2, -0.15) is 0 Å². The molecule has 0 saturated carbocycles. The molecule has 2 nitrogen and oxygen atoms in total. The third kappa shape index (κ3) is 3.69. The van der Waals surface area contributed by atoms with Crippen molar-refractivity contribution in [2.45, 2.75) is 33.1 Å². The molecule has 0 aromatic heterocycles. The normalized spacial score (nSPS) is 11.3. The van der Waals surface area contributed by atoms with E-state index in [1.54, 1.807) is 31.2 Å². The minimum Gasteiger partial charge on any atom is -0.319 e. The van der Waals surface area contributed by atoms with Crippen molar-refractivity contribution in [2.75, 3.05) is 5.32 Å². The lowest BCUT2D eigenvalue weighted by atomic mass is 9.87. The van der Waals surface area contributed by atoms with E-state index in [4.69, 9.17) is 0 Å². The number of anilines is 1. The van der Waals surface area contributed by atoms with Gasteiger partial charge in [0.1, 0.15) is 5.82 Å². The summed E-state index contributed by atoms with van der Waals surface area (Å²) in [5.41, 5.74) is 2.73. The third-order valence-electron chi connectivity index (χ3n) is 3.39. The highest BCUT2D eigenvalue weighted by atomic mass is 19.1. The number of hydrogen-bond donors (Lipinski definition) is 1. The van der Waals surface area contributed by atoms with Gasteiger partial charge in [-0.15, -0.1) is 0 Å². The highest BCUT2D eigenvalue weighted by Crippen LogP contribution is 2.23. The summed E-state index contributed by atoms with van der Waals surface area (Å²) >= 11 is 0. The fraction of sp³-hybridized carbons (Fsp3) is 0.278. The molecule has 0 atom stereocenters. The zero-order valence-corrected chi connectivity index (χ0v) is 12.8. The Morgan fingerprint density at radius 1 is 1.05 bits per heavy atom. The topological polar surface area (TPSA) is 29.1 Å². The maximum Gasteiger partial charge on any atom is 0.255 e. The highest BCUT2D eigenvalue weighted by molar-refractivity contribution is 6.04. The number of aryl methyl sites for hydroxylation is 1. The van der Waals surface area contributed by atoms with Crippen LogP contribution in [0.5, 0.6) is 0 Å². The molecule has 0 heterocycles. The molecule has 0 spiro atoms. The van der Waals surface area contributed by atoms with Crippen LogP contribution >= 0.6 is 0 Å². The Morgan fingerprint density at radius 3 is 2.19 bits per heavy atom. The van der Waals surface area contributed by atoms with Crippen molar-refractivity contribution in [3.63, 3.8) is 0 Å². The largest absolute Gasteiger partial charge is 0.319 e. The van der Waals surface area contributed by atoms with E-state index < -0.39 is 5.82 Å². The molecule has 0 unspecified atom stereocenters. The number of benzene rings is 2. The molecule has 2 aromatic rings. The van der Waals surface area contributed by atoms with E-state index in [2.05, 4.69) is 26.1 Å². The minimum atomic E-state index is -0.422. The van der Waals surface area contributed by atoms with Gasteiger partial charge in [-0.05, 0) is 47.7 Å². The Labute approximate surface area is 125 Å². The van der Waals surface area contributed by atoms with Gasteiger partial charge in [-0.1, -0.05) is 39.0 Å². The predicted octanol–water partition coefficient (Wildman–Crippen LogP) is 4.68. The summed E-state index contributed by atoms with van der Waals surface area (Å²) < 4.78 is 13.7. The van der Waals surface area contributed by atoms with Gasteiger partial charge in [-0.25, -0.2) is 4.39 Å². The van der Waals surface area contributed by atoms with Crippen LogP contribution in [0, 0.1) is 12.7 Å². The van der Waals surface area contributed by atoms with Gasteiger partial charge in [0.2, 0.25) is 0 Å². The fourth-order valence-electron chi connectivity index (χ4n) is 2.04. The molecule has 0 aliphatic carbocycles. The average Bonchev–Trinajstić information content (AvgIpc) is 2.41. The van der Waals surface area contributed by atoms with Crippen LogP contribution in [-0.4, -0.2) is 5.91 Å². The van der Waals surface area contributed by atoms with E-state index in [1.807, 2.05) is 12.1 Å². The van der Waals surface area contributed by atoms with Crippen molar-refractivity contribution in [2.24, 2.45) is 0 Å². The van der Waals surface area contributed by atoms with Gasteiger partial charge in [0.05, 0.1) is 5.69 Å². The summed E-state index contributed by atoms with van der Waals surface area (Å²) in [5, 5.41) is 2.60. The van der Waals surface area contributed by atoms with E-state index in [1.165, 1.54) is 6.07 Å². The second kappa shape index (κ2) is 5.68. The number of amides is 1. The van der Waals surface area contributed by atoms with Crippen LogP contribution in [0.1, 0.15) is 42.3 Å². The predicted molar refractivity (Wildman–Crippen MR) is 84.2 cm³/mol. The SMILES string of the molecule is Cc1ccc(NC(=O)c2ccc(C(C)(C)C)cc2)c(F)c1. The van der Waals surface area contributed by atoms with Crippen molar-refractivity contribution in [3.8, 4) is 0 Å². The second-order valence-electron chi connectivity index (χ2n) is 6.26. The first-order valence-electron chi connectivity index (χ1n) is 6.95. The molecular formula is C18H20FNO. The van der Waals surface area contributed by atoms with Crippen LogP contribution in [0.15, 0.2) is 42.5 Å². The van der Waals surface area contributed by atoms with Crippen molar-refractivity contribution < 1.29 is 9.18 Å². The number of nitrogens with one attached hydrogen (secondary N) is 1. The zero-order valence-electron chi connectivity index (χ0n) is 12.8. The van der Waals surface area contributed by atoms with Crippen molar-refractivity contribution in [1.82, 2.24) is 0 Å². The highest BCUT2D eigenvalue weighted by Gasteiger charge is 2.15. The number of hydrogen-bond acceptors (Lipinski definition) is 1. The molecule has 0 aliphatic rings. The number of halogens is 1. The first kappa shape index (κ1) is 15.2. The molecule has 2 rings (SSSR count). The molecule has 2 aromatic carbocycles. The molecule has 0 aliphatic heterocycles. The third-order valence-corrected chi connectivity index (χ3v) is 3.39. The summed E-state index contributed by atoms with van der Waals surface area (Å²) in [6, 6.07) is 12.1. The van der Waals surface area contributed by atoms with E-state index in [9.17, 15) is 9.18 Å². The first-order valence-corrected chi connectivity index (χ1v) is 6.95. The lowest BCUT2D eigenvalue weighted by molar-refractivity contribution is 0.102. The lowest BCUT2D eigenvalue weighted by Gasteiger charge is -2.19. The molecule has 21 heavy (non-hydrogen) atoms.